The van der Waals surface area contributed by atoms with Gasteiger partial charge in [-0.2, -0.15) is 5.26 Å². The summed E-state index contributed by atoms with van der Waals surface area (Å²) < 4.78 is 6.66. The molecule has 12 nitrogen and oxygen atoms in total. The Morgan fingerprint density at radius 3 is 2.73 bits per heavy atom. The van der Waals surface area contributed by atoms with Crippen LogP contribution < -0.4 is 10.3 Å². The van der Waals surface area contributed by atoms with Gasteiger partial charge in [0.2, 0.25) is 5.91 Å². The average molecular weight is 511 g/mol. The number of nitrogens with one attached hydrogen (secondary N) is 1. The van der Waals surface area contributed by atoms with E-state index in [1.165, 1.54) is 17.0 Å². The molecule has 37 heavy (non-hydrogen) atoms. The molecule has 1 aliphatic heterocycles. The Labute approximate surface area is 216 Å². The molecule has 3 amide bonds. The first kappa shape index (κ1) is 27.4. The first-order valence-corrected chi connectivity index (χ1v) is 12.1. The van der Waals surface area contributed by atoms with Gasteiger partial charge in [0.25, 0.3) is 0 Å². The molecule has 0 spiro atoms. The smallest absolute Gasteiger partial charge is 0.429 e. The summed E-state index contributed by atoms with van der Waals surface area (Å²) in [4.78, 5) is 50.5. The number of rotatable bonds is 5. The Morgan fingerprint density at radius 1 is 1.35 bits per heavy atom. The lowest BCUT2D eigenvalue weighted by atomic mass is 9.92. The summed E-state index contributed by atoms with van der Waals surface area (Å²) in [5.74, 6) is 0.698. The molecule has 0 radical (unpaired) electrons. The zero-order valence-corrected chi connectivity index (χ0v) is 22.0. The van der Waals surface area contributed by atoms with Crippen molar-refractivity contribution in [2.45, 2.75) is 52.2 Å². The quantitative estimate of drug-likeness (QED) is 0.479. The maximum absolute atomic E-state index is 13.1. The lowest BCUT2D eigenvalue weighted by Gasteiger charge is -2.42. The first-order chi connectivity index (χ1) is 17.5. The molecular formula is C25H34N8O4. The van der Waals surface area contributed by atoms with Crippen LogP contribution in [-0.4, -0.2) is 80.8 Å². The topological polar surface area (TPSA) is 137 Å². The van der Waals surface area contributed by atoms with E-state index in [2.05, 4.69) is 28.9 Å². The fourth-order valence-corrected chi connectivity index (χ4v) is 4.28. The number of carbonyl (C=O) groups is 3. The van der Waals surface area contributed by atoms with Crippen LogP contribution in [0, 0.1) is 17.2 Å². The third-order valence-corrected chi connectivity index (χ3v) is 6.17. The van der Waals surface area contributed by atoms with Crippen LogP contribution in [0.1, 0.15) is 40.5 Å². The van der Waals surface area contributed by atoms with Gasteiger partial charge in [0.15, 0.2) is 5.65 Å². The molecule has 3 heterocycles. The van der Waals surface area contributed by atoms with Gasteiger partial charge in [-0.05, 0) is 39.2 Å². The fraction of sp³-hybridized carbons (Fsp3) is 0.520. The lowest BCUT2D eigenvalue weighted by Crippen LogP contribution is -2.52. The summed E-state index contributed by atoms with van der Waals surface area (Å²) in [5.41, 5.74) is 2.17. The second-order valence-corrected chi connectivity index (χ2v) is 10.0. The Hall–Kier alpha value is -4.14. The van der Waals surface area contributed by atoms with Crippen molar-refractivity contribution in [1.82, 2.24) is 29.9 Å². The molecule has 0 bridgehead atoms. The van der Waals surface area contributed by atoms with E-state index in [0.717, 1.165) is 11.4 Å². The molecule has 0 aromatic carbocycles. The number of likely N-dealkylation sites (tertiary alicyclic amines) is 1. The minimum absolute atomic E-state index is 0.0399. The van der Waals surface area contributed by atoms with Gasteiger partial charge < -0.3 is 14.5 Å². The highest BCUT2D eigenvalue weighted by molar-refractivity contribution is 5.95. The van der Waals surface area contributed by atoms with Crippen LogP contribution in [0.4, 0.5) is 15.4 Å². The number of likely N-dealkylation sites (N-methyl/N-ethyl adjacent to an activating group) is 1. The molecule has 0 unspecified atom stereocenters. The number of piperidine rings is 1. The molecule has 0 saturated carbocycles. The SMILES string of the molecule is C=CCN(NC(=O)n1ccc2c(N(C)[C@H]3CN(C(=O)CC#N)CC[C@H]3C)ncnc21)C(=O)OC(C)(C)C. The van der Waals surface area contributed by atoms with E-state index in [0.29, 0.717) is 29.9 Å². The van der Waals surface area contributed by atoms with Gasteiger partial charge in [-0.3, -0.25) is 9.36 Å². The molecule has 0 aliphatic carbocycles. The number of aromatic nitrogens is 3. The van der Waals surface area contributed by atoms with E-state index in [1.54, 1.807) is 37.9 Å². The molecule has 2 aromatic rings. The monoisotopic (exact) mass is 510 g/mol. The van der Waals surface area contributed by atoms with Crippen LogP contribution in [0.25, 0.3) is 11.0 Å². The van der Waals surface area contributed by atoms with Crippen molar-refractivity contribution in [1.29, 1.82) is 5.26 Å². The van der Waals surface area contributed by atoms with Crippen LogP contribution >= 0.6 is 0 Å². The van der Waals surface area contributed by atoms with E-state index in [-0.39, 0.29) is 30.8 Å². The Balaban J connectivity index is 1.85. The summed E-state index contributed by atoms with van der Waals surface area (Å²) in [7, 11) is 1.90. The van der Waals surface area contributed by atoms with Gasteiger partial charge in [0, 0.05) is 26.3 Å². The number of fused-ring (bicyclic) bond motifs is 1. The number of hydrogen-bond donors (Lipinski definition) is 1. The molecule has 12 heteroatoms. The predicted molar refractivity (Wildman–Crippen MR) is 137 cm³/mol. The normalized spacial score (nSPS) is 17.6. The van der Waals surface area contributed by atoms with Gasteiger partial charge in [-0.25, -0.2) is 30.0 Å². The Morgan fingerprint density at radius 2 is 2.08 bits per heavy atom. The van der Waals surface area contributed by atoms with Gasteiger partial charge in [-0.15, -0.1) is 6.58 Å². The summed E-state index contributed by atoms with van der Waals surface area (Å²) in [5, 5.41) is 10.6. The van der Waals surface area contributed by atoms with E-state index in [9.17, 15) is 14.4 Å². The standard InChI is InChI=1S/C25H34N8O4/c1-7-12-33(24(36)37-25(3,4)5)29-23(35)32-14-10-18-21(27-16-28-22(18)32)30(6)19-15-31(13-9-17(19)2)20(34)8-11-26/h7,10,14,16-17,19H,1,8-9,12-13,15H2,2-6H3,(H,29,35)/t17-,19+/m1/s1. The van der Waals surface area contributed by atoms with Crippen molar-refractivity contribution in [3.05, 3.63) is 31.2 Å². The molecule has 1 N–H and O–H groups in total. The van der Waals surface area contributed by atoms with Gasteiger partial charge in [-0.1, -0.05) is 13.0 Å². The van der Waals surface area contributed by atoms with Gasteiger partial charge in [0.1, 0.15) is 24.2 Å². The molecular weight excluding hydrogens is 476 g/mol. The number of hydrogen-bond acceptors (Lipinski definition) is 8. The van der Waals surface area contributed by atoms with Crippen molar-refractivity contribution in [3.8, 4) is 6.07 Å². The van der Waals surface area contributed by atoms with Gasteiger partial charge in [0.05, 0.1) is 24.0 Å². The molecule has 2 aromatic heterocycles. The first-order valence-electron chi connectivity index (χ1n) is 12.1. The maximum atomic E-state index is 13.1. The Kier molecular flexibility index (Phi) is 8.37. The van der Waals surface area contributed by atoms with Gasteiger partial charge >= 0.3 is 12.1 Å². The largest absolute Gasteiger partial charge is 0.442 e. The third-order valence-electron chi connectivity index (χ3n) is 6.17. The highest BCUT2D eigenvalue weighted by Crippen LogP contribution is 2.29. The zero-order chi connectivity index (χ0) is 27.3. The van der Waals surface area contributed by atoms with Crippen molar-refractivity contribution in [3.63, 3.8) is 0 Å². The lowest BCUT2D eigenvalue weighted by molar-refractivity contribution is -0.131. The van der Waals surface area contributed by atoms with Crippen LogP contribution in [0.15, 0.2) is 31.2 Å². The maximum Gasteiger partial charge on any atom is 0.429 e. The number of ether oxygens (including phenoxy) is 1. The number of hydrazine groups is 1. The second kappa shape index (κ2) is 11.3. The van der Waals surface area contributed by atoms with Crippen molar-refractivity contribution in [2.24, 2.45) is 5.92 Å². The molecule has 198 valence electrons. The number of nitriles is 1. The fourth-order valence-electron chi connectivity index (χ4n) is 4.28. The summed E-state index contributed by atoms with van der Waals surface area (Å²) in [6.45, 7) is 12.1. The molecule has 1 saturated heterocycles. The molecule has 1 aliphatic rings. The highest BCUT2D eigenvalue weighted by Gasteiger charge is 2.33. The molecule has 2 atom stereocenters. The number of amides is 3. The molecule has 3 rings (SSSR count). The average Bonchev–Trinajstić information content (AvgIpc) is 3.27. The minimum Gasteiger partial charge on any atom is -0.442 e. The predicted octanol–water partition coefficient (Wildman–Crippen LogP) is 2.91. The summed E-state index contributed by atoms with van der Waals surface area (Å²) >= 11 is 0. The zero-order valence-electron chi connectivity index (χ0n) is 22.0. The number of nitrogens with zero attached hydrogens (tertiary/aromatic N) is 7. The second-order valence-electron chi connectivity index (χ2n) is 10.0. The Bertz CT molecular complexity index is 1210. The summed E-state index contributed by atoms with van der Waals surface area (Å²) in [6, 6.07) is 3.02. The van der Waals surface area contributed by atoms with Crippen molar-refractivity contribution < 1.29 is 19.1 Å². The van der Waals surface area contributed by atoms with E-state index < -0.39 is 17.7 Å². The van der Waals surface area contributed by atoms with Crippen LogP contribution in [0.5, 0.6) is 0 Å². The minimum atomic E-state index is -0.737. The third kappa shape index (κ3) is 6.35. The summed E-state index contributed by atoms with van der Waals surface area (Å²) in [6.07, 6.45) is 4.34. The van der Waals surface area contributed by atoms with E-state index >= 15 is 0 Å². The van der Waals surface area contributed by atoms with Crippen LogP contribution in [0.2, 0.25) is 0 Å². The highest BCUT2D eigenvalue weighted by atomic mass is 16.6. The van der Waals surface area contributed by atoms with E-state index in [1.807, 2.05) is 18.0 Å². The molecule has 1 fully saturated rings. The van der Waals surface area contributed by atoms with Crippen LogP contribution in [-0.2, 0) is 9.53 Å². The van der Waals surface area contributed by atoms with E-state index in [4.69, 9.17) is 10.00 Å². The number of carbonyl (C=O) groups excluding carboxylic acids is 3. The van der Waals surface area contributed by atoms with Crippen molar-refractivity contribution in [2.75, 3.05) is 31.6 Å². The van der Waals surface area contributed by atoms with Crippen LogP contribution in [0.3, 0.4) is 0 Å². The van der Waals surface area contributed by atoms with Crippen molar-refractivity contribution >= 4 is 34.9 Å². The number of anilines is 1.